The predicted molar refractivity (Wildman–Crippen MR) is 60.5 cm³/mol. The lowest BCUT2D eigenvalue weighted by molar-refractivity contribution is 0.863. The first-order valence-corrected chi connectivity index (χ1v) is 5.25. The van der Waals surface area contributed by atoms with Gasteiger partial charge >= 0.3 is 0 Å². The summed E-state index contributed by atoms with van der Waals surface area (Å²) in [5.41, 5.74) is 0. The Labute approximate surface area is 83.0 Å². The highest BCUT2D eigenvalue weighted by molar-refractivity contribution is 4.87. The molecule has 0 saturated heterocycles. The second-order valence-corrected chi connectivity index (χ2v) is 3.10. The SMILES string of the molecule is [CH]=CCCCC=CCCC=CCC. The van der Waals surface area contributed by atoms with Crippen molar-refractivity contribution in [3.8, 4) is 0 Å². The molecule has 0 nitrogen and oxygen atoms in total. The molecule has 0 amide bonds. The van der Waals surface area contributed by atoms with Crippen LogP contribution >= 0.6 is 0 Å². The van der Waals surface area contributed by atoms with E-state index < -0.39 is 0 Å². The molecule has 0 N–H and O–H groups in total. The van der Waals surface area contributed by atoms with Crippen LogP contribution in [0.5, 0.6) is 0 Å². The van der Waals surface area contributed by atoms with Crippen molar-refractivity contribution in [1.82, 2.24) is 0 Å². The van der Waals surface area contributed by atoms with Crippen LogP contribution in [-0.4, -0.2) is 0 Å². The van der Waals surface area contributed by atoms with Gasteiger partial charge in [0.25, 0.3) is 0 Å². The molecule has 73 valence electrons. The van der Waals surface area contributed by atoms with E-state index in [0.29, 0.717) is 0 Å². The Morgan fingerprint density at radius 1 is 0.846 bits per heavy atom. The van der Waals surface area contributed by atoms with Gasteiger partial charge in [-0.3, -0.25) is 0 Å². The standard InChI is InChI=1S/C13H21/c1-3-5-7-9-11-13-12-10-8-6-4-2/h1,3,6,8,11,13H,4-5,7,9-10,12H2,2H3. The van der Waals surface area contributed by atoms with E-state index >= 15 is 0 Å². The molecule has 0 heterocycles. The molecule has 0 bridgehead atoms. The lowest BCUT2D eigenvalue weighted by Crippen LogP contribution is -1.69. The lowest BCUT2D eigenvalue weighted by Gasteiger charge is -1.89. The summed E-state index contributed by atoms with van der Waals surface area (Å²) in [6.07, 6.45) is 17.6. The number of hydrogen-bond donors (Lipinski definition) is 0. The summed E-state index contributed by atoms with van der Waals surface area (Å²) in [5, 5.41) is 0. The molecule has 0 atom stereocenters. The van der Waals surface area contributed by atoms with E-state index in [2.05, 4.69) is 31.2 Å². The van der Waals surface area contributed by atoms with Gasteiger partial charge in [0.1, 0.15) is 0 Å². The highest BCUT2D eigenvalue weighted by Gasteiger charge is 1.79. The number of unbranched alkanes of at least 4 members (excludes halogenated alkanes) is 3. The van der Waals surface area contributed by atoms with E-state index in [4.69, 9.17) is 6.58 Å². The smallest absolute Gasteiger partial charge is 0.0316 e. The maximum Gasteiger partial charge on any atom is -0.0316 e. The third-order valence-electron chi connectivity index (χ3n) is 1.81. The molecule has 0 fully saturated rings. The van der Waals surface area contributed by atoms with Gasteiger partial charge in [0.15, 0.2) is 0 Å². The van der Waals surface area contributed by atoms with Gasteiger partial charge in [0.2, 0.25) is 0 Å². The van der Waals surface area contributed by atoms with Crippen molar-refractivity contribution in [2.75, 3.05) is 0 Å². The van der Waals surface area contributed by atoms with E-state index in [-0.39, 0.29) is 0 Å². The minimum Gasteiger partial charge on any atom is -0.0888 e. The zero-order valence-corrected chi connectivity index (χ0v) is 8.71. The van der Waals surface area contributed by atoms with Gasteiger partial charge < -0.3 is 0 Å². The monoisotopic (exact) mass is 177 g/mol. The quantitative estimate of drug-likeness (QED) is 0.379. The minimum atomic E-state index is 1.03. The summed E-state index contributed by atoms with van der Waals surface area (Å²) < 4.78 is 0. The molecule has 0 rings (SSSR count). The third-order valence-corrected chi connectivity index (χ3v) is 1.81. The molecule has 0 unspecified atom stereocenters. The fourth-order valence-electron chi connectivity index (χ4n) is 1.07. The van der Waals surface area contributed by atoms with E-state index in [1.54, 1.807) is 6.08 Å². The van der Waals surface area contributed by atoms with Crippen LogP contribution in [0.2, 0.25) is 0 Å². The Balaban J connectivity index is 3.12. The van der Waals surface area contributed by atoms with Crippen molar-refractivity contribution in [3.05, 3.63) is 37.0 Å². The highest BCUT2D eigenvalue weighted by Crippen LogP contribution is 1.99. The van der Waals surface area contributed by atoms with E-state index in [9.17, 15) is 0 Å². The first-order chi connectivity index (χ1) is 6.41. The van der Waals surface area contributed by atoms with Crippen molar-refractivity contribution in [2.24, 2.45) is 0 Å². The maximum absolute atomic E-state index is 5.27. The number of rotatable bonds is 8. The Kier molecular flexibility index (Phi) is 10.5. The van der Waals surface area contributed by atoms with Gasteiger partial charge in [-0.1, -0.05) is 43.9 Å². The van der Waals surface area contributed by atoms with Crippen molar-refractivity contribution in [1.29, 1.82) is 0 Å². The van der Waals surface area contributed by atoms with Crippen LogP contribution in [0.15, 0.2) is 30.4 Å². The molecule has 0 aromatic carbocycles. The second-order valence-electron chi connectivity index (χ2n) is 3.10. The molecule has 0 aliphatic rings. The molecule has 0 aromatic heterocycles. The van der Waals surface area contributed by atoms with Crippen LogP contribution in [-0.2, 0) is 0 Å². The maximum atomic E-state index is 5.27. The fourth-order valence-corrected chi connectivity index (χ4v) is 1.07. The highest BCUT2D eigenvalue weighted by atomic mass is 13.9. The molecule has 0 aromatic rings. The molecular weight excluding hydrogens is 156 g/mol. The van der Waals surface area contributed by atoms with Gasteiger partial charge in [-0.05, 0) is 38.5 Å². The van der Waals surface area contributed by atoms with Crippen molar-refractivity contribution in [3.63, 3.8) is 0 Å². The number of allylic oxidation sites excluding steroid dienone is 5. The van der Waals surface area contributed by atoms with E-state index in [1.807, 2.05) is 0 Å². The average Bonchev–Trinajstić information content (AvgIpc) is 2.16. The average molecular weight is 177 g/mol. The summed E-state index contributed by atoms with van der Waals surface area (Å²) >= 11 is 0. The molecular formula is C13H21. The summed E-state index contributed by atoms with van der Waals surface area (Å²) in [4.78, 5) is 0. The Bertz CT molecular complexity index is 151. The molecule has 1 radical (unpaired) electrons. The van der Waals surface area contributed by atoms with Gasteiger partial charge in [0.05, 0.1) is 0 Å². The van der Waals surface area contributed by atoms with E-state index in [1.165, 1.54) is 19.3 Å². The fraction of sp³-hybridized carbons (Fsp3) is 0.538. The minimum absolute atomic E-state index is 1.03. The summed E-state index contributed by atoms with van der Waals surface area (Å²) in [7, 11) is 0. The van der Waals surface area contributed by atoms with Crippen molar-refractivity contribution < 1.29 is 0 Å². The first kappa shape index (κ1) is 12.2. The van der Waals surface area contributed by atoms with Crippen LogP contribution in [0.1, 0.15) is 45.4 Å². The third kappa shape index (κ3) is 11.2. The molecule has 0 saturated carbocycles. The molecule has 0 aliphatic heterocycles. The zero-order chi connectivity index (χ0) is 9.78. The van der Waals surface area contributed by atoms with Gasteiger partial charge in [0, 0.05) is 0 Å². The van der Waals surface area contributed by atoms with Crippen LogP contribution in [0.4, 0.5) is 0 Å². The van der Waals surface area contributed by atoms with Crippen LogP contribution < -0.4 is 0 Å². The Morgan fingerprint density at radius 2 is 1.46 bits per heavy atom. The number of hydrogen-bond acceptors (Lipinski definition) is 0. The lowest BCUT2D eigenvalue weighted by atomic mass is 10.2. The Hall–Kier alpha value is -0.780. The largest absolute Gasteiger partial charge is 0.0888 e. The second kappa shape index (κ2) is 11.2. The van der Waals surface area contributed by atoms with Crippen LogP contribution in [0, 0.1) is 6.58 Å². The molecule has 0 spiro atoms. The van der Waals surface area contributed by atoms with Gasteiger partial charge in [-0.2, -0.15) is 0 Å². The first-order valence-electron chi connectivity index (χ1n) is 5.25. The van der Waals surface area contributed by atoms with Gasteiger partial charge in [-0.15, -0.1) is 0 Å². The van der Waals surface area contributed by atoms with Crippen molar-refractivity contribution in [2.45, 2.75) is 45.4 Å². The molecule has 13 heavy (non-hydrogen) atoms. The van der Waals surface area contributed by atoms with Crippen molar-refractivity contribution >= 4 is 0 Å². The molecule has 0 heteroatoms. The normalized spacial score (nSPS) is 11.5. The summed E-state index contributed by atoms with van der Waals surface area (Å²) in [6.45, 7) is 7.43. The summed E-state index contributed by atoms with van der Waals surface area (Å²) in [6, 6.07) is 0. The topological polar surface area (TPSA) is 0 Å². The van der Waals surface area contributed by atoms with Crippen LogP contribution in [0.3, 0.4) is 0 Å². The zero-order valence-electron chi connectivity index (χ0n) is 8.71. The Morgan fingerprint density at radius 3 is 2.08 bits per heavy atom. The van der Waals surface area contributed by atoms with Crippen LogP contribution in [0.25, 0.3) is 0 Å². The predicted octanol–water partition coefficient (Wildman–Crippen LogP) is 4.45. The van der Waals surface area contributed by atoms with E-state index in [0.717, 1.165) is 19.3 Å². The summed E-state index contributed by atoms with van der Waals surface area (Å²) in [5.74, 6) is 0. The molecule has 0 aliphatic carbocycles. The van der Waals surface area contributed by atoms with Gasteiger partial charge in [-0.25, -0.2) is 0 Å².